The van der Waals surface area contributed by atoms with E-state index in [1.807, 2.05) is 30.3 Å². The molecule has 0 aliphatic heterocycles. The normalized spacial score (nSPS) is 10.7. The molecule has 0 atom stereocenters. The highest BCUT2D eigenvalue weighted by atomic mass is 79.9. The Labute approximate surface area is 111 Å². The molecule has 0 saturated heterocycles. The standard InChI is InChI=1S/C12H9BrN4O/c13-9-6-14-12(11-10(9)15-17-16-11)18-7-8-4-2-1-3-5-8/h1-6H,7H2,(H,15,16,17). The number of hydrogen-bond acceptors (Lipinski definition) is 4. The Balaban J connectivity index is 1.87. The number of benzene rings is 1. The Bertz CT molecular complexity index is 668. The first-order valence-corrected chi connectivity index (χ1v) is 6.16. The van der Waals surface area contributed by atoms with Crippen LogP contribution in [0, 0.1) is 0 Å². The zero-order valence-electron chi connectivity index (χ0n) is 9.30. The molecule has 3 aromatic rings. The molecule has 6 heteroatoms. The SMILES string of the molecule is Brc1cnc(OCc2ccccc2)c2[nH]nnc12. The highest BCUT2D eigenvalue weighted by Gasteiger charge is 2.10. The van der Waals surface area contributed by atoms with E-state index in [0.717, 1.165) is 10.0 Å². The Morgan fingerprint density at radius 1 is 1.22 bits per heavy atom. The van der Waals surface area contributed by atoms with Crippen LogP contribution in [0.3, 0.4) is 0 Å². The highest BCUT2D eigenvalue weighted by molar-refractivity contribution is 9.10. The minimum absolute atomic E-state index is 0.462. The number of rotatable bonds is 3. The summed E-state index contributed by atoms with van der Waals surface area (Å²) in [5.41, 5.74) is 2.50. The minimum Gasteiger partial charge on any atom is -0.471 e. The van der Waals surface area contributed by atoms with Crippen LogP contribution in [0.25, 0.3) is 11.0 Å². The molecule has 0 unspecified atom stereocenters. The van der Waals surface area contributed by atoms with Gasteiger partial charge >= 0.3 is 0 Å². The van der Waals surface area contributed by atoms with Gasteiger partial charge in [0, 0.05) is 6.20 Å². The second-order valence-corrected chi connectivity index (χ2v) is 4.58. The van der Waals surface area contributed by atoms with Crippen LogP contribution in [-0.2, 0) is 6.61 Å². The summed E-state index contributed by atoms with van der Waals surface area (Å²) < 4.78 is 6.47. The molecular formula is C12H9BrN4O. The molecule has 90 valence electrons. The molecule has 1 aromatic carbocycles. The van der Waals surface area contributed by atoms with Crippen LogP contribution < -0.4 is 4.74 Å². The van der Waals surface area contributed by atoms with Gasteiger partial charge in [-0.15, -0.1) is 5.10 Å². The van der Waals surface area contributed by atoms with Crippen molar-refractivity contribution in [3.8, 4) is 5.88 Å². The van der Waals surface area contributed by atoms with E-state index in [-0.39, 0.29) is 0 Å². The van der Waals surface area contributed by atoms with E-state index < -0.39 is 0 Å². The van der Waals surface area contributed by atoms with Crippen LogP contribution in [0.15, 0.2) is 41.0 Å². The number of pyridine rings is 1. The van der Waals surface area contributed by atoms with Gasteiger partial charge in [-0.2, -0.15) is 0 Å². The van der Waals surface area contributed by atoms with Gasteiger partial charge < -0.3 is 4.74 Å². The smallest absolute Gasteiger partial charge is 0.242 e. The summed E-state index contributed by atoms with van der Waals surface area (Å²) in [4.78, 5) is 4.21. The molecule has 0 amide bonds. The van der Waals surface area contributed by atoms with Crippen LogP contribution in [-0.4, -0.2) is 20.4 Å². The van der Waals surface area contributed by atoms with Crippen LogP contribution in [0.4, 0.5) is 0 Å². The number of nitrogens with one attached hydrogen (secondary N) is 1. The number of nitrogens with zero attached hydrogens (tertiary/aromatic N) is 3. The molecule has 0 aliphatic rings. The Morgan fingerprint density at radius 3 is 2.89 bits per heavy atom. The molecule has 0 spiro atoms. The maximum absolute atomic E-state index is 5.68. The van der Waals surface area contributed by atoms with Crippen molar-refractivity contribution in [2.75, 3.05) is 0 Å². The van der Waals surface area contributed by atoms with Gasteiger partial charge in [-0.3, -0.25) is 5.10 Å². The van der Waals surface area contributed by atoms with E-state index in [1.165, 1.54) is 0 Å². The van der Waals surface area contributed by atoms with Gasteiger partial charge in [-0.1, -0.05) is 35.5 Å². The van der Waals surface area contributed by atoms with Gasteiger partial charge in [0.15, 0.2) is 0 Å². The lowest BCUT2D eigenvalue weighted by Gasteiger charge is -2.05. The van der Waals surface area contributed by atoms with E-state index in [4.69, 9.17) is 4.74 Å². The number of aromatic amines is 1. The van der Waals surface area contributed by atoms with E-state index in [1.54, 1.807) is 6.20 Å². The third kappa shape index (κ3) is 2.06. The molecule has 18 heavy (non-hydrogen) atoms. The van der Waals surface area contributed by atoms with Gasteiger partial charge in [0.25, 0.3) is 0 Å². The van der Waals surface area contributed by atoms with Crippen molar-refractivity contribution >= 4 is 27.0 Å². The fourth-order valence-electron chi connectivity index (χ4n) is 1.62. The largest absolute Gasteiger partial charge is 0.471 e. The van der Waals surface area contributed by atoms with Crippen LogP contribution in [0.2, 0.25) is 0 Å². The summed E-state index contributed by atoms with van der Waals surface area (Å²) in [7, 11) is 0. The summed E-state index contributed by atoms with van der Waals surface area (Å²) in [6, 6.07) is 9.92. The first-order chi connectivity index (χ1) is 8.84. The molecule has 3 rings (SSSR count). The van der Waals surface area contributed by atoms with Gasteiger partial charge in [0.2, 0.25) is 5.88 Å². The van der Waals surface area contributed by atoms with Crippen LogP contribution >= 0.6 is 15.9 Å². The summed E-state index contributed by atoms with van der Waals surface area (Å²) >= 11 is 3.37. The average molecular weight is 305 g/mol. The molecule has 5 nitrogen and oxygen atoms in total. The molecule has 0 saturated carbocycles. The molecule has 0 fully saturated rings. The minimum atomic E-state index is 0.462. The van der Waals surface area contributed by atoms with Crippen molar-refractivity contribution in [1.29, 1.82) is 0 Å². The quantitative estimate of drug-likeness (QED) is 0.808. The highest BCUT2D eigenvalue weighted by Crippen LogP contribution is 2.26. The zero-order valence-corrected chi connectivity index (χ0v) is 10.9. The van der Waals surface area contributed by atoms with Crippen LogP contribution in [0.1, 0.15) is 5.56 Å². The predicted octanol–water partition coefficient (Wildman–Crippen LogP) is 2.69. The lowest BCUT2D eigenvalue weighted by molar-refractivity contribution is 0.297. The van der Waals surface area contributed by atoms with Crippen molar-refractivity contribution in [2.45, 2.75) is 6.61 Å². The number of ether oxygens (including phenoxy) is 1. The fraction of sp³-hybridized carbons (Fsp3) is 0.0833. The van der Waals surface area contributed by atoms with Crippen molar-refractivity contribution in [3.05, 3.63) is 46.6 Å². The lowest BCUT2D eigenvalue weighted by Crippen LogP contribution is -1.98. The van der Waals surface area contributed by atoms with Gasteiger partial charge in [0.05, 0.1) is 4.47 Å². The second kappa shape index (κ2) is 4.73. The van der Waals surface area contributed by atoms with Gasteiger partial charge in [0.1, 0.15) is 17.6 Å². The zero-order chi connectivity index (χ0) is 12.4. The van der Waals surface area contributed by atoms with E-state index in [9.17, 15) is 0 Å². The first-order valence-electron chi connectivity index (χ1n) is 5.36. The Kier molecular flexibility index (Phi) is 2.93. The molecule has 0 radical (unpaired) electrons. The molecule has 2 heterocycles. The average Bonchev–Trinajstić information content (AvgIpc) is 2.90. The number of hydrogen-bond donors (Lipinski definition) is 1. The number of fused-ring (bicyclic) bond motifs is 1. The van der Waals surface area contributed by atoms with E-state index in [2.05, 4.69) is 36.3 Å². The Hall–Kier alpha value is -1.95. The van der Waals surface area contributed by atoms with Crippen molar-refractivity contribution in [1.82, 2.24) is 20.4 Å². The monoisotopic (exact) mass is 304 g/mol. The summed E-state index contributed by atoms with van der Waals surface area (Å²) in [5.74, 6) is 0.502. The van der Waals surface area contributed by atoms with Crippen molar-refractivity contribution in [3.63, 3.8) is 0 Å². The number of halogens is 1. The summed E-state index contributed by atoms with van der Waals surface area (Å²) in [5, 5.41) is 10.5. The molecule has 0 bridgehead atoms. The van der Waals surface area contributed by atoms with Crippen molar-refractivity contribution in [2.24, 2.45) is 0 Å². The fourth-order valence-corrected chi connectivity index (χ4v) is 2.00. The first kappa shape index (κ1) is 11.2. The molecule has 2 aromatic heterocycles. The van der Waals surface area contributed by atoms with Crippen molar-refractivity contribution < 1.29 is 4.74 Å². The predicted molar refractivity (Wildman–Crippen MR) is 70.2 cm³/mol. The van der Waals surface area contributed by atoms with Crippen LogP contribution in [0.5, 0.6) is 5.88 Å². The topological polar surface area (TPSA) is 63.7 Å². The second-order valence-electron chi connectivity index (χ2n) is 3.72. The lowest BCUT2D eigenvalue weighted by atomic mass is 10.2. The number of H-pyrrole nitrogens is 1. The molecule has 1 N–H and O–H groups in total. The maximum Gasteiger partial charge on any atom is 0.242 e. The van der Waals surface area contributed by atoms with Gasteiger partial charge in [-0.25, -0.2) is 4.98 Å². The summed E-state index contributed by atoms with van der Waals surface area (Å²) in [6.07, 6.45) is 1.66. The maximum atomic E-state index is 5.68. The third-order valence-corrected chi connectivity index (χ3v) is 3.08. The van der Waals surface area contributed by atoms with E-state index >= 15 is 0 Å². The molecular weight excluding hydrogens is 296 g/mol. The van der Waals surface area contributed by atoms with Gasteiger partial charge in [-0.05, 0) is 21.5 Å². The summed E-state index contributed by atoms with van der Waals surface area (Å²) in [6.45, 7) is 0.462. The third-order valence-electron chi connectivity index (χ3n) is 2.50. The van der Waals surface area contributed by atoms with E-state index in [0.29, 0.717) is 23.5 Å². The Morgan fingerprint density at radius 2 is 2.06 bits per heavy atom. The number of aromatic nitrogens is 4. The molecule has 0 aliphatic carbocycles.